The number of hydrogen-bond donors (Lipinski definition) is 0. The van der Waals surface area contributed by atoms with Crippen molar-refractivity contribution >= 4 is 0 Å². The van der Waals surface area contributed by atoms with Crippen LogP contribution in [0.15, 0.2) is 0 Å². The number of rotatable bonds is 3. The Balaban J connectivity index is 3.61. The van der Waals surface area contributed by atoms with Crippen LogP contribution in [0.1, 0.15) is 48.0 Å². The third-order valence-corrected chi connectivity index (χ3v) is 1.36. The Hall–Kier alpha value is -0.0400. The van der Waals surface area contributed by atoms with Gasteiger partial charge in [0.1, 0.15) is 0 Å². The van der Waals surface area contributed by atoms with E-state index in [-0.39, 0.29) is 5.60 Å². The molecule has 1 atom stereocenters. The molecule has 0 rings (SSSR count). The normalized spacial score (nSPS) is 15.5. The highest BCUT2D eigenvalue weighted by Crippen LogP contribution is 2.15. The van der Waals surface area contributed by atoms with Crippen molar-refractivity contribution in [3.63, 3.8) is 0 Å². The Bertz CT molecular complexity index is 99.9. The first-order chi connectivity index (χ1) is 4.81. The molecular formula is C10H22O. The van der Waals surface area contributed by atoms with Crippen LogP contribution in [0.4, 0.5) is 0 Å². The molecule has 0 radical (unpaired) electrons. The molecule has 0 aromatic heterocycles. The van der Waals surface area contributed by atoms with Crippen LogP contribution < -0.4 is 0 Å². The van der Waals surface area contributed by atoms with Crippen LogP contribution in [-0.4, -0.2) is 11.7 Å². The summed E-state index contributed by atoms with van der Waals surface area (Å²) in [6, 6.07) is 0. The summed E-state index contributed by atoms with van der Waals surface area (Å²) in [7, 11) is 0. The van der Waals surface area contributed by atoms with E-state index in [1.165, 1.54) is 0 Å². The van der Waals surface area contributed by atoms with Crippen molar-refractivity contribution in [3.05, 3.63) is 0 Å². The van der Waals surface area contributed by atoms with E-state index in [0.717, 1.165) is 12.3 Å². The molecule has 1 unspecified atom stereocenters. The van der Waals surface area contributed by atoms with Crippen LogP contribution in [0.3, 0.4) is 0 Å². The molecule has 1 heteroatoms. The molecule has 0 bridgehead atoms. The van der Waals surface area contributed by atoms with Gasteiger partial charge in [-0.3, -0.25) is 0 Å². The third kappa shape index (κ3) is 7.86. The van der Waals surface area contributed by atoms with Crippen LogP contribution in [-0.2, 0) is 4.74 Å². The van der Waals surface area contributed by atoms with Gasteiger partial charge in [-0.25, -0.2) is 0 Å². The summed E-state index contributed by atoms with van der Waals surface area (Å²) in [6.07, 6.45) is 1.53. The van der Waals surface area contributed by atoms with Crippen molar-refractivity contribution in [2.75, 3.05) is 0 Å². The van der Waals surface area contributed by atoms with Gasteiger partial charge in [0.25, 0.3) is 0 Å². The molecule has 0 saturated heterocycles. The molecule has 0 aliphatic carbocycles. The Morgan fingerprint density at radius 1 is 1.09 bits per heavy atom. The van der Waals surface area contributed by atoms with E-state index in [2.05, 4.69) is 41.5 Å². The van der Waals surface area contributed by atoms with Gasteiger partial charge >= 0.3 is 0 Å². The van der Waals surface area contributed by atoms with E-state index in [4.69, 9.17) is 4.74 Å². The first kappa shape index (κ1) is 11.0. The summed E-state index contributed by atoms with van der Waals surface area (Å²) >= 11 is 0. The first-order valence-electron chi connectivity index (χ1n) is 4.49. The Morgan fingerprint density at radius 2 is 1.55 bits per heavy atom. The Kier molecular flexibility index (Phi) is 4.09. The van der Waals surface area contributed by atoms with Crippen LogP contribution in [0.5, 0.6) is 0 Å². The van der Waals surface area contributed by atoms with Crippen LogP contribution in [0, 0.1) is 5.92 Å². The van der Waals surface area contributed by atoms with Gasteiger partial charge < -0.3 is 4.74 Å². The van der Waals surface area contributed by atoms with Crippen molar-refractivity contribution in [3.8, 4) is 0 Å². The minimum atomic E-state index is 0.00824. The number of ether oxygens (including phenoxy) is 1. The fraction of sp³-hybridized carbons (Fsp3) is 1.00. The smallest absolute Gasteiger partial charge is 0.0602 e. The molecule has 0 amide bonds. The monoisotopic (exact) mass is 158 g/mol. The Labute approximate surface area is 71.1 Å². The van der Waals surface area contributed by atoms with Gasteiger partial charge in [0.05, 0.1) is 11.7 Å². The van der Waals surface area contributed by atoms with Gasteiger partial charge in [-0.15, -0.1) is 0 Å². The predicted molar refractivity (Wildman–Crippen MR) is 49.8 cm³/mol. The molecule has 0 N–H and O–H groups in total. The van der Waals surface area contributed by atoms with Crippen molar-refractivity contribution in [2.45, 2.75) is 59.7 Å². The van der Waals surface area contributed by atoms with E-state index < -0.39 is 0 Å². The summed E-state index contributed by atoms with van der Waals surface area (Å²) in [4.78, 5) is 0. The molecule has 0 fully saturated rings. The summed E-state index contributed by atoms with van der Waals surface area (Å²) in [5.74, 6) is 0.729. The topological polar surface area (TPSA) is 9.23 Å². The van der Waals surface area contributed by atoms with Gasteiger partial charge in [-0.05, 0) is 40.0 Å². The van der Waals surface area contributed by atoms with Crippen molar-refractivity contribution in [1.82, 2.24) is 0 Å². The van der Waals surface area contributed by atoms with Crippen LogP contribution in [0.25, 0.3) is 0 Å². The molecule has 68 valence electrons. The fourth-order valence-corrected chi connectivity index (χ4v) is 1.32. The molecule has 0 aromatic rings. The molecule has 0 spiro atoms. The van der Waals surface area contributed by atoms with Crippen molar-refractivity contribution < 1.29 is 4.74 Å². The van der Waals surface area contributed by atoms with Gasteiger partial charge in [-0.2, -0.15) is 0 Å². The minimum Gasteiger partial charge on any atom is -0.373 e. The zero-order chi connectivity index (χ0) is 9.07. The summed E-state index contributed by atoms with van der Waals surface area (Å²) in [5, 5.41) is 0. The second kappa shape index (κ2) is 4.10. The summed E-state index contributed by atoms with van der Waals surface area (Å²) in [5.41, 5.74) is 0.00824. The van der Waals surface area contributed by atoms with Crippen LogP contribution in [0.2, 0.25) is 0 Å². The summed E-state index contributed by atoms with van der Waals surface area (Å²) < 4.78 is 5.75. The SMILES string of the molecule is CC(C)CC(C)OC(C)(C)C. The third-order valence-electron chi connectivity index (χ3n) is 1.36. The molecule has 0 saturated carbocycles. The van der Waals surface area contributed by atoms with E-state index in [9.17, 15) is 0 Å². The van der Waals surface area contributed by atoms with E-state index in [0.29, 0.717) is 6.10 Å². The number of hydrogen-bond acceptors (Lipinski definition) is 1. The maximum atomic E-state index is 5.75. The zero-order valence-corrected chi connectivity index (χ0v) is 8.77. The lowest BCUT2D eigenvalue weighted by atomic mass is 10.1. The Morgan fingerprint density at radius 3 is 1.82 bits per heavy atom. The highest BCUT2D eigenvalue weighted by Gasteiger charge is 2.15. The van der Waals surface area contributed by atoms with Crippen LogP contribution >= 0.6 is 0 Å². The second-order valence-corrected chi connectivity index (χ2v) is 4.67. The van der Waals surface area contributed by atoms with E-state index in [1.807, 2.05) is 0 Å². The highest BCUT2D eigenvalue weighted by molar-refractivity contribution is 4.63. The molecule has 0 aromatic carbocycles. The molecule has 0 aliphatic rings. The molecule has 0 heterocycles. The molecule has 1 nitrogen and oxygen atoms in total. The second-order valence-electron chi connectivity index (χ2n) is 4.67. The summed E-state index contributed by atoms with van der Waals surface area (Å²) in [6.45, 7) is 12.9. The maximum Gasteiger partial charge on any atom is 0.0602 e. The maximum absolute atomic E-state index is 5.75. The average molecular weight is 158 g/mol. The lowest BCUT2D eigenvalue weighted by Crippen LogP contribution is -2.26. The zero-order valence-electron chi connectivity index (χ0n) is 8.77. The van der Waals surface area contributed by atoms with Gasteiger partial charge in [0.2, 0.25) is 0 Å². The molecule has 0 aliphatic heterocycles. The predicted octanol–water partition coefficient (Wildman–Crippen LogP) is 3.24. The first-order valence-corrected chi connectivity index (χ1v) is 4.49. The van der Waals surface area contributed by atoms with E-state index >= 15 is 0 Å². The fourth-order valence-electron chi connectivity index (χ4n) is 1.32. The lowest BCUT2D eigenvalue weighted by Gasteiger charge is -2.26. The quantitative estimate of drug-likeness (QED) is 0.612. The molecule has 11 heavy (non-hydrogen) atoms. The lowest BCUT2D eigenvalue weighted by molar-refractivity contribution is -0.0584. The van der Waals surface area contributed by atoms with Gasteiger partial charge in [0, 0.05) is 0 Å². The standard InChI is InChI=1S/C10H22O/c1-8(2)7-9(3)11-10(4,5)6/h8-9H,7H2,1-6H3. The molecular weight excluding hydrogens is 136 g/mol. The van der Waals surface area contributed by atoms with Gasteiger partial charge in [0.15, 0.2) is 0 Å². The van der Waals surface area contributed by atoms with E-state index in [1.54, 1.807) is 0 Å². The van der Waals surface area contributed by atoms with Crippen molar-refractivity contribution in [2.24, 2.45) is 5.92 Å². The highest BCUT2D eigenvalue weighted by atomic mass is 16.5. The largest absolute Gasteiger partial charge is 0.373 e. The van der Waals surface area contributed by atoms with Crippen molar-refractivity contribution in [1.29, 1.82) is 0 Å². The van der Waals surface area contributed by atoms with Gasteiger partial charge in [-0.1, -0.05) is 13.8 Å². The minimum absolute atomic E-state index is 0.00824. The average Bonchev–Trinajstić information content (AvgIpc) is 1.53.